The van der Waals surface area contributed by atoms with Gasteiger partial charge in [0.15, 0.2) is 11.6 Å². The van der Waals surface area contributed by atoms with Crippen molar-refractivity contribution >= 4 is 17.5 Å². The molecule has 6 heteroatoms. The topological polar surface area (TPSA) is 86.1 Å². The minimum Gasteiger partial charge on any atom is -0.472 e. The number of allylic oxidation sites excluding steroid dienone is 2. The van der Waals surface area contributed by atoms with Crippen LogP contribution < -0.4 is 0 Å². The Labute approximate surface area is 200 Å². The number of carbonyl (C=O) groups is 3. The van der Waals surface area contributed by atoms with Crippen molar-refractivity contribution in [3.8, 4) is 0 Å². The van der Waals surface area contributed by atoms with Gasteiger partial charge < -0.3 is 13.9 Å². The molecule has 1 aromatic rings. The summed E-state index contributed by atoms with van der Waals surface area (Å²) in [5.74, 6) is -0.280. The van der Waals surface area contributed by atoms with Gasteiger partial charge in [0.05, 0.1) is 18.4 Å². The van der Waals surface area contributed by atoms with Crippen LogP contribution in [0.1, 0.15) is 72.3 Å². The van der Waals surface area contributed by atoms with Gasteiger partial charge in [-0.25, -0.2) is 0 Å². The minimum atomic E-state index is -0.713. The number of rotatable bonds is 2. The van der Waals surface area contributed by atoms with E-state index >= 15 is 0 Å². The molecule has 6 rings (SSSR count). The Hall–Kier alpha value is -2.21. The highest BCUT2D eigenvalue weighted by Crippen LogP contribution is 2.81. The van der Waals surface area contributed by atoms with Crippen LogP contribution >= 0.6 is 0 Å². The zero-order valence-electron chi connectivity index (χ0n) is 20.8. The third-order valence-electron chi connectivity index (χ3n) is 11.0. The molecule has 182 valence electrons. The van der Waals surface area contributed by atoms with Crippen molar-refractivity contribution in [1.82, 2.24) is 0 Å². The molecule has 9 atom stereocenters. The number of epoxide rings is 1. The Morgan fingerprint density at radius 3 is 2.50 bits per heavy atom. The average Bonchev–Trinajstić information content (AvgIpc) is 3.24. The summed E-state index contributed by atoms with van der Waals surface area (Å²) >= 11 is 0. The van der Waals surface area contributed by atoms with Crippen LogP contribution in [0.25, 0.3) is 0 Å². The third kappa shape index (κ3) is 2.21. The summed E-state index contributed by atoms with van der Waals surface area (Å²) in [4.78, 5) is 39.0. The number of furan rings is 1. The van der Waals surface area contributed by atoms with Gasteiger partial charge in [-0.15, -0.1) is 0 Å². The van der Waals surface area contributed by atoms with Gasteiger partial charge in [0.2, 0.25) is 0 Å². The fraction of sp³-hybridized carbons (Fsp3) is 0.679. The summed E-state index contributed by atoms with van der Waals surface area (Å²) in [5.41, 5.74) is -1.65. The summed E-state index contributed by atoms with van der Waals surface area (Å²) in [5, 5.41) is 0. The number of hydrogen-bond donors (Lipinski definition) is 0. The van der Waals surface area contributed by atoms with Crippen LogP contribution in [0.5, 0.6) is 0 Å². The molecule has 6 nitrogen and oxygen atoms in total. The van der Waals surface area contributed by atoms with Crippen molar-refractivity contribution in [2.45, 2.75) is 84.5 Å². The standard InChI is InChI=1S/C28H34O6/c1-15(29)33-20-13-18-24(2,3)19(30)8-10-25(18,4)17-7-11-26(5)21(16-9-12-32-14-16)22(31)23-28(26,34-23)27(17,20)6/h8-10,12,14,17-18,20-21,23H,7,11,13H2,1-6H3/t17?,18-,20+,21+,23+,25+,26-,27-,28+/m0/s1. The second kappa shape index (κ2) is 6.31. The summed E-state index contributed by atoms with van der Waals surface area (Å²) in [6.45, 7) is 12.1. The maximum Gasteiger partial charge on any atom is 0.302 e. The molecule has 4 aliphatic carbocycles. The predicted octanol–water partition coefficient (Wildman–Crippen LogP) is 4.63. The predicted molar refractivity (Wildman–Crippen MR) is 123 cm³/mol. The molecule has 1 aromatic heterocycles. The first kappa shape index (κ1) is 22.3. The molecule has 1 spiro atoms. The highest BCUT2D eigenvalue weighted by atomic mass is 16.6. The summed E-state index contributed by atoms with van der Waals surface area (Å²) < 4.78 is 18.0. The number of fused-ring (bicyclic) bond motifs is 3. The fourth-order valence-electron chi connectivity index (χ4n) is 9.55. The number of hydrogen-bond acceptors (Lipinski definition) is 6. The first-order valence-corrected chi connectivity index (χ1v) is 12.5. The zero-order chi connectivity index (χ0) is 24.5. The van der Waals surface area contributed by atoms with Gasteiger partial charge in [0, 0.05) is 28.7 Å². The molecule has 2 heterocycles. The minimum absolute atomic E-state index is 0.0275. The fourth-order valence-corrected chi connectivity index (χ4v) is 9.55. The lowest BCUT2D eigenvalue weighted by Crippen LogP contribution is -2.70. The summed E-state index contributed by atoms with van der Waals surface area (Å²) in [6, 6.07) is 1.89. The molecule has 0 amide bonds. The van der Waals surface area contributed by atoms with Crippen molar-refractivity contribution < 1.29 is 28.3 Å². The Kier molecular flexibility index (Phi) is 4.13. The average molecular weight is 467 g/mol. The molecule has 0 radical (unpaired) electrons. The van der Waals surface area contributed by atoms with E-state index in [1.807, 2.05) is 19.9 Å². The Morgan fingerprint density at radius 2 is 1.85 bits per heavy atom. The van der Waals surface area contributed by atoms with Crippen molar-refractivity contribution in [2.24, 2.45) is 33.5 Å². The second-order valence-electron chi connectivity index (χ2n) is 12.6. The highest BCUT2D eigenvalue weighted by Gasteiger charge is 2.89. The van der Waals surface area contributed by atoms with Gasteiger partial charge in [-0.2, -0.15) is 0 Å². The monoisotopic (exact) mass is 466 g/mol. The Morgan fingerprint density at radius 1 is 1.12 bits per heavy atom. The lowest BCUT2D eigenvalue weighted by molar-refractivity contribution is -0.232. The highest BCUT2D eigenvalue weighted by molar-refractivity contribution is 5.99. The van der Waals surface area contributed by atoms with E-state index in [4.69, 9.17) is 13.9 Å². The lowest BCUT2D eigenvalue weighted by atomic mass is 9.36. The Bertz CT molecular complexity index is 1130. The maximum absolute atomic E-state index is 13.7. The van der Waals surface area contributed by atoms with Crippen LogP contribution in [-0.4, -0.2) is 35.3 Å². The SMILES string of the molecule is CC(=O)O[C@@H]1C[C@H]2C(C)(C)C(=O)C=C[C@]2(C)C2CC[C@@]3(C)[C@H](c4ccoc4)C(=O)[C@H]4O[C@]43[C@@]21C. The van der Waals surface area contributed by atoms with Crippen LogP contribution in [-0.2, 0) is 23.9 Å². The summed E-state index contributed by atoms with van der Waals surface area (Å²) in [6.07, 6.45) is 8.49. The van der Waals surface area contributed by atoms with Crippen LogP contribution in [0.15, 0.2) is 35.2 Å². The van der Waals surface area contributed by atoms with Crippen LogP contribution in [0.3, 0.4) is 0 Å². The maximum atomic E-state index is 13.7. The molecule has 4 fully saturated rings. The van der Waals surface area contributed by atoms with Crippen molar-refractivity contribution in [3.05, 3.63) is 36.3 Å². The molecule has 1 unspecified atom stereocenters. The van der Waals surface area contributed by atoms with E-state index in [0.717, 1.165) is 18.4 Å². The van der Waals surface area contributed by atoms with Gasteiger partial charge in [-0.1, -0.05) is 40.7 Å². The van der Waals surface area contributed by atoms with Crippen LogP contribution in [0.4, 0.5) is 0 Å². The number of ketones is 2. The number of Topliss-reactive ketones (excluding diaryl/α,β-unsaturated/α-hetero) is 1. The normalized spacial score (nSPS) is 50.1. The zero-order valence-corrected chi connectivity index (χ0v) is 20.8. The van der Waals surface area contributed by atoms with E-state index < -0.39 is 34.1 Å². The molecule has 34 heavy (non-hydrogen) atoms. The molecular weight excluding hydrogens is 432 g/mol. The van der Waals surface area contributed by atoms with Gasteiger partial charge in [-0.05, 0) is 48.7 Å². The van der Waals surface area contributed by atoms with E-state index in [9.17, 15) is 14.4 Å². The molecule has 1 aliphatic heterocycles. The van der Waals surface area contributed by atoms with Gasteiger partial charge in [0.25, 0.3) is 0 Å². The molecule has 0 aromatic carbocycles. The first-order chi connectivity index (χ1) is 15.9. The molecule has 0 N–H and O–H groups in total. The third-order valence-corrected chi connectivity index (χ3v) is 11.0. The van der Waals surface area contributed by atoms with Gasteiger partial charge in [0.1, 0.15) is 17.8 Å². The molecule has 5 aliphatic rings. The van der Waals surface area contributed by atoms with Crippen LogP contribution in [0, 0.1) is 33.5 Å². The van der Waals surface area contributed by atoms with Crippen LogP contribution in [0.2, 0.25) is 0 Å². The smallest absolute Gasteiger partial charge is 0.302 e. The number of esters is 1. The number of ether oxygens (including phenoxy) is 2. The molecule has 3 saturated carbocycles. The van der Waals surface area contributed by atoms with Gasteiger partial charge in [-0.3, -0.25) is 14.4 Å². The first-order valence-electron chi connectivity index (χ1n) is 12.5. The Balaban J connectivity index is 1.54. The van der Waals surface area contributed by atoms with Crippen molar-refractivity contribution in [2.75, 3.05) is 0 Å². The van der Waals surface area contributed by atoms with E-state index in [2.05, 4.69) is 26.8 Å². The lowest BCUT2D eigenvalue weighted by Gasteiger charge is -2.67. The van der Waals surface area contributed by atoms with E-state index in [-0.39, 0.29) is 40.7 Å². The van der Waals surface area contributed by atoms with Gasteiger partial charge >= 0.3 is 5.97 Å². The van der Waals surface area contributed by atoms with E-state index in [1.54, 1.807) is 18.6 Å². The quantitative estimate of drug-likeness (QED) is 0.467. The van der Waals surface area contributed by atoms with E-state index in [1.165, 1.54) is 6.92 Å². The molecule has 1 saturated heterocycles. The molecule has 0 bridgehead atoms. The number of carbonyl (C=O) groups excluding carboxylic acids is 3. The van der Waals surface area contributed by atoms with Crippen molar-refractivity contribution in [1.29, 1.82) is 0 Å². The summed E-state index contributed by atoms with van der Waals surface area (Å²) in [7, 11) is 0. The largest absolute Gasteiger partial charge is 0.472 e. The molecular formula is C28H34O6. The van der Waals surface area contributed by atoms with E-state index in [0.29, 0.717) is 6.42 Å². The second-order valence-corrected chi connectivity index (χ2v) is 12.6. The van der Waals surface area contributed by atoms with Crippen molar-refractivity contribution in [3.63, 3.8) is 0 Å².